The Morgan fingerprint density at radius 1 is 1.10 bits per heavy atom. The number of ether oxygens (including phenoxy) is 2. The second-order valence-corrected chi connectivity index (χ2v) is 7.28. The molecule has 29 heavy (non-hydrogen) atoms. The monoisotopic (exact) mass is 408 g/mol. The van der Waals surface area contributed by atoms with E-state index in [0.29, 0.717) is 6.42 Å². The van der Waals surface area contributed by atoms with Crippen LogP contribution in [0.2, 0.25) is 0 Å². The molecule has 1 rings (SSSR count). The summed E-state index contributed by atoms with van der Waals surface area (Å²) in [6, 6.07) is 7.12. The second kappa shape index (κ2) is 12.1. The predicted octanol–water partition coefficient (Wildman–Crippen LogP) is 2.10. The van der Waals surface area contributed by atoms with Crippen LogP contribution < -0.4 is 5.32 Å². The summed E-state index contributed by atoms with van der Waals surface area (Å²) in [6.07, 6.45) is -1.44. The van der Waals surface area contributed by atoms with Crippen molar-refractivity contribution in [3.8, 4) is 0 Å². The molecule has 1 aromatic rings. The lowest BCUT2D eigenvalue weighted by atomic mass is 10.0. The highest BCUT2D eigenvalue weighted by Gasteiger charge is 2.34. The van der Waals surface area contributed by atoms with Crippen LogP contribution >= 0.6 is 0 Å². The van der Waals surface area contributed by atoms with Crippen LogP contribution in [-0.4, -0.2) is 59.8 Å². The van der Waals surface area contributed by atoms with E-state index in [1.54, 1.807) is 6.92 Å². The van der Waals surface area contributed by atoms with Gasteiger partial charge in [-0.25, -0.2) is 9.59 Å². The lowest BCUT2D eigenvalue weighted by molar-refractivity contribution is -0.151. The van der Waals surface area contributed by atoms with Gasteiger partial charge in [-0.15, -0.1) is 0 Å². The van der Waals surface area contributed by atoms with Crippen molar-refractivity contribution in [2.24, 2.45) is 5.92 Å². The van der Waals surface area contributed by atoms with Crippen molar-refractivity contribution in [1.29, 1.82) is 0 Å². The topological polar surface area (TPSA) is 105 Å². The van der Waals surface area contributed by atoms with Crippen LogP contribution in [0.3, 0.4) is 0 Å². The van der Waals surface area contributed by atoms with Crippen LogP contribution in [0.5, 0.6) is 0 Å². The number of esters is 1. The number of hydrogen-bond donors (Lipinski definition) is 2. The molecule has 1 unspecified atom stereocenters. The van der Waals surface area contributed by atoms with E-state index in [4.69, 9.17) is 9.47 Å². The van der Waals surface area contributed by atoms with Crippen molar-refractivity contribution < 1.29 is 29.0 Å². The van der Waals surface area contributed by atoms with Crippen LogP contribution in [0, 0.1) is 5.92 Å². The first-order chi connectivity index (χ1) is 13.7. The molecular formula is C21H32N2O6. The SMILES string of the molecule is CCOC(=O)C(NC(=O)[C@@H](CC(C)C)N(C)C(=O)OCc1ccccc1)[C@@H](C)O. The first-order valence-electron chi connectivity index (χ1n) is 9.75. The molecule has 0 aliphatic carbocycles. The Morgan fingerprint density at radius 2 is 1.72 bits per heavy atom. The average molecular weight is 408 g/mol. The molecule has 0 spiro atoms. The van der Waals surface area contributed by atoms with Crippen LogP contribution in [0.25, 0.3) is 0 Å². The molecule has 0 radical (unpaired) electrons. The molecule has 0 saturated heterocycles. The molecule has 0 aromatic heterocycles. The molecule has 8 heteroatoms. The van der Waals surface area contributed by atoms with E-state index in [1.165, 1.54) is 18.9 Å². The number of carbonyl (C=O) groups is 3. The zero-order valence-corrected chi connectivity index (χ0v) is 17.8. The van der Waals surface area contributed by atoms with Crippen molar-refractivity contribution in [3.63, 3.8) is 0 Å². The Balaban J connectivity index is 2.85. The third-order valence-corrected chi connectivity index (χ3v) is 4.28. The zero-order valence-electron chi connectivity index (χ0n) is 17.8. The Bertz CT molecular complexity index is 662. The second-order valence-electron chi connectivity index (χ2n) is 7.28. The van der Waals surface area contributed by atoms with Crippen LogP contribution in [0.1, 0.15) is 39.7 Å². The van der Waals surface area contributed by atoms with Gasteiger partial charge < -0.3 is 19.9 Å². The van der Waals surface area contributed by atoms with Crippen LogP contribution in [-0.2, 0) is 25.7 Å². The summed E-state index contributed by atoms with van der Waals surface area (Å²) < 4.78 is 10.2. The molecule has 2 N–H and O–H groups in total. The van der Waals surface area contributed by atoms with Crippen LogP contribution in [0.15, 0.2) is 30.3 Å². The van der Waals surface area contributed by atoms with Crippen molar-refractivity contribution in [2.45, 2.75) is 58.9 Å². The zero-order chi connectivity index (χ0) is 22.0. The summed E-state index contributed by atoms with van der Waals surface area (Å²) in [7, 11) is 1.47. The molecule has 0 aliphatic heterocycles. The van der Waals surface area contributed by atoms with E-state index in [2.05, 4.69) is 5.32 Å². The van der Waals surface area contributed by atoms with E-state index >= 15 is 0 Å². The first-order valence-corrected chi connectivity index (χ1v) is 9.75. The summed E-state index contributed by atoms with van der Waals surface area (Å²) in [5, 5.41) is 12.4. The Morgan fingerprint density at radius 3 is 2.24 bits per heavy atom. The lowest BCUT2D eigenvalue weighted by Gasteiger charge is -2.30. The van der Waals surface area contributed by atoms with Gasteiger partial charge in [0.2, 0.25) is 5.91 Å². The van der Waals surface area contributed by atoms with Crippen molar-refractivity contribution in [2.75, 3.05) is 13.7 Å². The van der Waals surface area contributed by atoms with Gasteiger partial charge in [-0.3, -0.25) is 9.69 Å². The predicted molar refractivity (Wildman–Crippen MR) is 108 cm³/mol. The number of rotatable bonds is 10. The fraction of sp³-hybridized carbons (Fsp3) is 0.571. The summed E-state index contributed by atoms with van der Waals surface area (Å²) in [6.45, 7) is 7.06. The number of aliphatic hydroxyl groups excluding tert-OH is 1. The van der Waals surface area contributed by atoms with E-state index in [-0.39, 0.29) is 19.1 Å². The first kappa shape index (κ1) is 24.4. The van der Waals surface area contributed by atoms with Crippen molar-refractivity contribution in [1.82, 2.24) is 10.2 Å². The standard InChI is InChI=1S/C21H32N2O6/c1-6-28-20(26)18(15(4)24)22-19(25)17(12-14(2)3)23(5)21(27)29-13-16-10-8-7-9-11-16/h7-11,14-15,17-18,24H,6,12-13H2,1-5H3,(H,22,25)/t15-,17-,18?/m1/s1. The molecule has 0 heterocycles. The molecule has 1 aromatic carbocycles. The summed E-state index contributed by atoms with van der Waals surface area (Å²) in [5.41, 5.74) is 0.829. The number of carbonyl (C=O) groups excluding carboxylic acids is 3. The minimum Gasteiger partial charge on any atom is -0.464 e. The van der Waals surface area contributed by atoms with Crippen LogP contribution in [0.4, 0.5) is 4.79 Å². The number of likely N-dealkylation sites (N-methyl/N-ethyl adjacent to an activating group) is 1. The Hall–Kier alpha value is -2.61. The van der Waals surface area contributed by atoms with Gasteiger partial charge in [-0.1, -0.05) is 44.2 Å². The van der Waals surface area contributed by atoms with Crippen molar-refractivity contribution >= 4 is 18.0 Å². The minimum absolute atomic E-state index is 0.0825. The van der Waals surface area contributed by atoms with E-state index in [0.717, 1.165) is 5.56 Å². The number of benzene rings is 1. The summed E-state index contributed by atoms with van der Waals surface area (Å²) in [5.74, 6) is -1.19. The maximum atomic E-state index is 12.8. The van der Waals surface area contributed by atoms with E-state index in [9.17, 15) is 19.5 Å². The normalized spacial score (nSPS) is 13.9. The third-order valence-electron chi connectivity index (χ3n) is 4.28. The highest BCUT2D eigenvalue weighted by atomic mass is 16.6. The summed E-state index contributed by atoms with van der Waals surface area (Å²) in [4.78, 5) is 38.6. The van der Waals surface area contributed by atoms with Gasteiger partial charge in [0.15, 0.2) is 6.04 Å². The highest BCUT2D eigenvalue weighted by molar-refractivity contribution is 5.89. The molecular weight excluding hydrogens is 376 g/mol. The van der Waals surface area contributed by atoms with Gasteiger partial charge in [0.05, 0.1) is 12.7 Å². The van der Waals surface area contributed by atoms with Gasteiger partial charge in [-0.05, 0) is 31.7 Å². The highest BCUT2D eigenvalue weighted by Crippen LogP contribution is 2.14. The maximum absolute atomic E-state index is 12.8. The van der Waals surface area contributed by atoms with E-state index < -0.39 is 36.2 Å². The summed E-state index contributed by atoms with van der Waals surface area (Å²) >= 11 is 0. The lowest BCUT2D eigenvalue weighted by Crippen LogP contribution is -2.55. The minimum atomic E-state index is -1.22. The molecule has 2 amide bonds. The molecule has 3 atom stereocenters. The molecule has 0 aliphatic rings. The average Bonchev–Trinajstić information content (AvgIpc) is 2.68. The van der Waals surface area contributed by atoms with Gasteiger partial charge in [0, 0.05) is 7.05 Å². The maximum Gasteiger partial charge on any atom is 0.410 e. The van der Waals surface area contributed by atoms with Gasteiger partial charge in [0.25, 0.3) is 0 Å². The fourth-order valence-corrected chi connectivity index (χ4v) is 2.69. The van der Waals surface area contributed by atoms with Gasteiger partial charge in [0.1, 0.15) is 12.6 Å². The molecule has 8 nitrogen and oxygen atoms in total. The Labute approximate surface area is 172 Å². The van der Waals surface area contributed by atoms with Gasteiger partial charge in [-0.2, -0.15) is 0 Å². The third kappa shape index (κ3) is 8.11. The number of hydrogen-bond acceptors (Lipinski definition) is 6. The fourth-order valence-electron chi connectivity index (χ4n) is 2.69. The van der Waals surface area contributed by atoms with Crippen molar-refractivity contribution in [3.05, 3.63) is 35.9 Å². The molecule has 0 bridgehead atoms. The largest absolute Gasteiger partial charge is 0.464 e. The quantitative estimate of drug-likeness (QED) is 0.575. The number of amides is 2. The number of nitrogens with one attached hydrogen (secondary N) is 1. The smallest absolute Gasteiger partial charge is 0.410 e. The van der Waals surface area contributed by atoms with Gasteiger partial charge >= 0.3 is 12.1 Å². The van der Waals surface area contributed by atoms with E-state index in [1.807, 2.05) is 44.2 Å². The molecule has 162 valence electrons. The number of nitrogens with zero attached hydrogens (tertiary/aromatic N) is 1. The Kier molecular flexibility index (Phi) is 10.2. The molecule has 0 saturated carbocycles. The number of aliphatic hydroxyl groups is 1. The molecule has 0 fully saturated rings.